The molecule has 0 aliphatic rings. The normalized spacial score (nSPS) is 10.6. The van der Waals surface area contributed by atoms with Crippen molar-refractivity contribution in [2.75, 3.05) is 21.3 Å². The Hall–Kier alpha value is -3.02. The first kappa shape index (κ1) is 15.9. The molecule has 0 saturated carbocycles. The van der Waals surface area contributed by atoms with Crippen LogP contribution >= 0.6 is 0 Å². The second-order valence-electron chi connectivity index (χ2n) is 5.15. The van der Waals surface area contributed by atoms with Gasteiger partial charge in [-0.25, -0.2) is 4.98 Å². The lowest BCUT2D eigenvalue weighted by molar-refractivity contribution is -0.141. The maximum absolute atomic E-state index is 11.9. The molecule has 0 aliphatic carbocycles. The summed E-state index contributed by atoms with van der Waals surface area (Å²) in [6, 6.07) is 13.1. The molecule has 6 nitrogen and oxygen atoms in total. The second-order valence-corrected chi connectivity index (χ2v) is 5.15. The number of fused-ring (bicyclic) bond motifs is 1. The first-order valence-electron chi connectivity index (χ1n) is 7.42. The van der Waals surface area contributed by atoms with E-state index in [-0.39, 0.29) is 12.5 Å². The molecule has 0 fully saturated rings. The molecule has 0 radical (unpaired) electrons. The van der Waals surface area contributed by atoms with Crippen molar-refractivity contribution in [2.24, 2.45) is 0 Å². The van der Waals surface area contributed by atoms with Crippen LogP contribution in [0.4, 0.5) is 0 Å². The maximum Gasteiger partial charge on any atom is 0.325 e. The number of nitrogens with zero attached hydrogens (tertiary/aromatic N) is 2. The van der Waals surface area contributed by atoms with E-state index in [1.165, 1.54) is 7.11 Å². The molecule has 6 heteroatoms. The van der Waals surface area contributed by atoms with Crippen molar-refractivity contribution in [3.05, 3.63) is 42.5 Å². The number of rotatable bonds is 5. The van der Waals surface area contributed by atoms with Gasteiger partial charge in [-0.15, -0.1) is 0 Å². The summed E-state index contributed by atoms with van der Waals surface area (Å²) in [4.78, 5) is 16.5. The fraction of sp³-hybridized carbons (Fsp3) is 0.222. The van der Waals surface area contributed by atoms with Crippen LogP contribution in [0.15, 0.2) is 42.5 Å². The van der Waals surface area contributed by atoms with Crippen LogP contribution in [0.5, 0.6) is 11.5 Å². The number of carbonyl (C=O) groups excluding carboxylic acids is 1. The van der Waals surface area contributed by atoms with Gasteiger partial charge in [-0.1, -0.05) is 12.1 Å². The van der Waals surface area contributed by atoms with Crippen LogP contribution in [0.25, 0.3) is 22.4 Å². The van der Waals surface area contributed by atoms with E-state index in [0.29, 0.717) is 17.3 Å². The van der Waals surface area contributed by atoms with Crippen molar-refractivity contribution >= 4 is 17.0 Å². The van der Waals surface area contributed by atoms with Crippen molar-refractivity contribution in [1.29, 1.82) is 0 Å². The number of imidazole rings is 1. The van der Waals surface area contributed by atoms with Crippen LogP contribution in [0.2, 0.25) is 0 Å². The summed E-state index contributed by atoms with van der Waals surface area (Å²) in [5, 5.41) is 0. The van der Waals surface area contributed by atoms with Crippen molar-refractivity contribution in [3.63, 3.8) is 0 Å². The van der Waals surface area contributed by atoms with Crippen molar-refractivity contribution < 1.29 is 19.0 Å². The van der Waals surface area contributed by atoms with Crippen LogP contribution in [0.3, 0.4) is 0 Å². The number of hydrogen-bond acceptors (Lipinski definition) is 5. The molecule has 0 unspecified atom stereocenters. The fourth-order valence-corrected chi connectivity index (χ4v) is 2.62. The minimum Gasteiger partial charge on any atom is -0.497 e. The monoisotopic (exact) mass is 326 g/mol. The average Bonchev–Trinajstić information content (AvgIpc) is 2.99. The summed E-state index contributed by atoms with van der Waals surface area (Å²) in [6.07, 6.45) is 0. The average molecular weight is 326 g/mol. The molecule has 1 aromatic heterocycles. The summed E-state index contributed by atoms with van der Waals surface area (Å²) >= 11 is 0. The number of hydrogen-bond donors (Lipinski definition) is 0. The Morgan fingerprint density at radius 1 is 1.08 bits per heavy atom. The Morgan fingerprint density at radius 2 is 1.88 bits per heavy atom. The number of benzene rings is 2. The second kappa shape index (κ2) is 6.62. The first-order valence-corrected chi connectivity index (χ1v) is 7.42. The third-order valence-electron chi connectivity index (χ3n) is 3.82. The van der Waals surface area contributed by atoms with E-state index in [1.807, 2.05) is 47.0 Å². The molecule has 0 atom stereocenters. The van der Waals surface area contributed by atoms with Gasteiger partial charge in [0.15, 0.2) is 0 Å². The number of methoxy groups -OCH3 is 3. The van der Waals surface area contributed by atoms with Gasteiger partial charge < -0.3 is 18.8 Å². The van der Waals surface area contributed by atoms with Crippen molar-refractivity contribution in [3.8, 4) is 22.9 Å². The predicted octanol–water partition coefficient (Wildman–Crippen LogP) is 2.89. The molecule has 24 heavy (non-hydrogen) atoms. The molecule has 3 rings (SSSR count). The smallest absolute Gasteiger partial charge is 0.325 e. The molecule has 0 aliphatic heterocycles. The summed E-state index contributed by atoms with van der Waals surface area (Å²) in [5.74, 6) is 1.61. The minimum atomic E-state index is -0.346. The Morgan fingerprint density at radius 3 is 2.58 bits per heavy atom. The van der Waals surface area contributed by atoms with Gasteiger partial charge in [0, 0.05) is 0 Å². The lowest BCUT2D eigenvalue weighted by Gasteiger charge is -2.12. The zero-order valence-corrected chi connectivity index (χ0v) is 13.8. The molecular weight excluding hydrogens is 308 g/mol. The van der Waals surface area contributed by atoms with Gasteiger partial charge in [0.25, 0.3) is 0 Å². The molecule has 0 N–H and O–H groups in total. The standard InChI is InChI=1S/C18H18N2O4/c1-22-12-8-9-16(23-2)13(10-12)18-19-14-6-4-5-7-15(14)20(18)11-17(21)24-3/h4-10H,11H2,1-3H3. The molecule has 0 bridgehead atoms. The third-order valence-corrected chi connectivity index (χ3v) is 3.82. The van der Waals surface area contributed by atoms with Gasteiger partial charge in [0.05, 0.1) is 37.9 Å². The van der Waals surface area contributed by atoms with E-state index < -0.39 is 0 Å². The summed E-state index contributed by atoms with van der Waals surface area (Å²) in [5.41, 5.74) is 2.39. The molecule has 0 amide bonds. The highest BCUT2D eigenvalue weighted by molar-refractivity contribution is 5.84. The zero-order chi connectivity index (χ0) is 17.1. The van der Waals surface area contributed by atoms with Gasteiger partial charge in [-0.3, -0.25) is 4.79 Å². The molecule has 1 heterocycles. The van der Waals surface area contributed by atoms with E-state index in [2.05, 4.69) is 4.98 Å². The van der Waals surface area contributed by atoms with Crippen molar-refractivity contribution in [2.45, 2.75) is 6.54 Å². The van der Waals surface area contributed by atoms with Gasteiger partial charge in [0.2, 0.25) is 0 Å². The van der Waals surface area contributed by atoms with Crippen LogP contribution in [-0.4, -0.2) is 36.8 Å². The van der Waals surface area contributed by atoms with Crippen LogP contribution in [0.1, 0.15) is 0 Å². The van der Waals surface area contributed by atoms with Gasteiger partial charge in [-0.2, -0.15) is 0 Å². The van der Waals surface area contributed by atoms with E-state index in [9.17, 15) is 4.79 Å². The number of aromatic nitrogens is 2. The van der Waals surface area contributed by atoms with Gasteiger partial charge in [0.1, 0.15) is 23.9 Å². The van der Waals surface area contributed by atoms with Gasteiger partial charge >= 0.3 is 5.97 Å². The molecule has 124 valence electrons. The van der Waals surface area contributed by atoms with E-state index in [4.69, 9.17) is 14.2 Å². The predicted molar refractivity (Wildman–Crippen MR) is 90.3 cm³/mol. The Labute approximate surface area is 139 Å². The maximum atomic E-state index is 11.9. The first-order chi connectivity index (χ1) is 11.7. The highest BCUT2D eigenvalue weighted by Crippen LogP contribution is 2.34. The van der Waals surface area contributed by atoms with Crippen LogP contribution in [0, 0.1) is 0 Å². The van der Waals surface area contributed by atoms with E-state index in [1.54, 1.807) is 14.2 Å². The lowest BCUT2D eigenvalue weighted by Crippen LogP contribution is -2.12. The Balaban J connectivity index is 2.25. The molecular formula is C18H18N2O4. The topological polar surface area (TPSA) is 62.6 Å². The SMILES string of the molecule is COC(=O)Cn1c(-c2cc(OC)ccc2OC)nc2ccccc21. The molecule has 3 aromatic rings. The lowest BCUT2D eigenvalue weighted by atomic mass is 10.1. The van der Waals surface area contributed by atoms with Crippen LogP contribution in [-0.2, 0) is 16.1 Å². The highest BCUT2D eigenvalue weighted by atomic mass is 16.5. The van der Waals surface area contributed by atoms with Crippen molar-refractivity contribution in [1.82, 2.24) is 9.55 Å². The summed E-state index contributed by atoms with van der Waals surface area (Å²) in [6.45, 7) is 0.0622. The number of ether oxygens (including phenoxy) is 3. The quantitative estimate of drug-likeness (QED) is 0.675. The highest BCUT2D eigenvalue weighted by Gasteiger charge is 2.19. The fourth-order valence-electron chi connectivity index (χ4n) is 2.62. The zero-order valence-electron chi connectivity index (χ0n) is 13.8. The minimum absolute atomic E-state index is 0.0622. The number of para-hydroxylation sites is 2. The summed E-state index contributed by atoms with van der Waals surface area (Å²) in [7, 11) is 4.56. The largest absolute Gasteiger partial charge is 0.497 e. The third kappa shape index (κ3) is 2.78. The van der Waals surface area contributed by atoms with Gasteiger partial charge in [-0.05, 0) is 30.3 Å². The molecule has 2 aromatic carbocycles. The summed E-state index contributed by atoms with van der Waals surface area (Å²) < 4.78 is 17.4. The van der Waals surface area contributed by atoms with Crippen LogP contribution < -0.4 is 9.47 Å². The number of carbonyl (C=O) groups is 1. The molecule has 0 spiro atoms. The van der Waals surface area contributed by atoms with E-state index >= 15 is 0 Å². The number of esters is 1. The Kier molecular flexibility index (Phi) is 4.37. The Bertz CT molecular complexity index is 886. The van der Waals surface area contributed by atoms with E-state index in [0.717, 1.165) is 16.6 Å². The molecule has 0 saturated heterocycles.